The standard InChI is InChI=1S/C29H24N4O5/c1-37-23-17-31-25(22-15-19-9-5-6-10-21(19)38-22)26-24(23)20(16-30-26)27(34)29(36)33-13-11-32(12-14-33)28(35)18-7-3-2-4-8-18/h2-10,15-17,30H,11-14H2,1H3. The van der Waals surface area contributed by atoms with Gasteiger partial charge in [0.15, 0.2) is 5.76 Å². The molecule has 38 heavy (non-hydrogen) atoms. The molecule has 9 heteroatoms. The summed E-state index contributed by atoms with van der Waals surface area (Å²) in [4.78, 5) is 50.2. The van der Waals surface area contributed by atoms with Crippen molar-refractivity contribution in [1.29, 1.82) is 0 Å². The van der Waals surface area contributed by atoms with Crippen LogP contribution in [0.15, 0.2) is 77.5 Å². The number of nitrogens with zero attached hydrogens (tertiary/aromatic N) is 3. The highest BCUT2D eigenvalue weighted by Gasteiger charge is 2.31. The van der Waals surface area contributed by atoms with Crippen LogP contribution in [0.25, 0.3) is 33.3 Å². The fourth-order valence-corrected chi connectivity index (χ4v) is 4.87. The van der Waals surface area contributed by atoms with Gasteiger partial charge in [-0.05, 0) is 24.3 Å². The zero-order valence-corrected chi connectivity index (χ0v) is 20.6. The molecule has 1 fully saturated rings. The number of hydrogen-bond acceptors (Lipinski definition) is 6. The fraction of sp³-hybridized carbons (Fsp3) is 0.172. The van der Waals surface area contributed by atoms with E-state index in [4.69, 9.17) is 9.15 Å². The van der Waals surface area contributed by atoms with E-state index in [1.54, 1.807) is 17.0 Å². The largest absolute Gasteiger partial charge is 0.494 e. The average Bonchev–Trinajstić information content (AvgIpc) is 3.61. The topological polar surface area (TPSA) is 109 Å². The van der Waals surface area contributed by atoms with Crippen molar-refractivity contribution >= 4 is 39.5 Å². The van der Waals surface area contributed by atoms with Crippen LogP contribution in [0.3, 0.4) is 0 Å². The number of aromatic amines is 1. The Bertz CT molecular complexity index is 1650. The van der Waals surface area contributed by atoms with Crippen molar-refractivity contribution in [2.45, 2.75) is 0 Å². The van der Waals surface area contributed by atoms with Gasteiger partial charge in [-0.3, -0.25) is 14.4 Å². The van der Waals surface area contributed by atoms with E-state index >= 15 is 0 Å². The first-order valence-electron chi connectivity index (χ1n) is 12.3. The first kappa shape index (κ1) is 23.5. The number of amides is 2. The van der Waals surface area contributed by atoms with Gasteiger partial charge in [0.25, 0.3) is 17.6 Å². The molecule has 3 aromatic heterocycles. The molecular formula is C29H24N4O5. The van der Waals surface area contributed by atoms with E-state index in [-0.39, 0.29) is 24.6 Å². The molecule has 9 nitrogen and oxygen atoms in total. The normalized spacial score (nSPS) is 13.7. The number of hydrogen-bond donors (Lipinski definition) is 1. The Labute approximate surface area is 217 Å². The van der Waals surface area contributed by atoms with Crippen molar-refractivity contribution in [3.05, 3.63) is 84.2 Å². The maximum absolute atomic E-state index is 13.4. The summed E-state index contributed by atoms with van der Waals surface area (Å²) < 4.78 is 11.5. The van der Waals surface area contributed by atoms with Crippen molar-refractivity contribution < 1.29 is 23.5 Å². The van der Waals surface area contributed by atoms with Crippen LogP contribution in [-0.4, -0.2) is 70.7 Å². The number of para-hydroxylation sites is 1. The molecule has 1 saturated heterocycles. The molecule has 0 aliphatic carbocycles. The minimum atomic E-state index is -0.654. The SMILES string of the molecule is COc1cnc(-c2cc3ccccc3o2)c2[nH]cc(C(=O)C(=O)N3CCN(C(=O)c4ccccc4)CC3)c12. The summed E-state index contributed by atoms with van der Waals surface area (Å²) in [5, 5.41) is 1.39. The third-order valence-electron chi connectivity index (χ3n) is 6.87. The second-order valence-electron chi connectivity index (χ2n) is 9.06. The number of carbonyl (C=O) groups excluding carboxylic acids is 3. The Morgan fingerprint density at radius 2 is 1.66 bits per heavy atom. The monoisotopic (exact) mass is 508 g/mol. The summed E-state index contributed by atoms with van der Waals surface area (Å²) in [6.45, 7) is 1.25. The predicted molar refractivity (Wildman–Crippen MR) is 141 cm³/mol. The molecule has 6 rings (SSSR count). The van der Waals surface area contributed by atoms with E-state index in [9.17, 15) is 14.4 Å². The van der Waals surface area contributed by atoms with Gasteiger partial charge in [-0.25, -0.2) is 4.98 Å². The number of pyridine rings is 1. The van der Waals surface area contributed by atoms with Crippen LogP contribution < -0.4 is 4.74 Å². The predicted octanol–water partition coefficient (Wildman–Crippen LogP) is 4.15. The lowest BCUT2D eigenvalue weighted by Gasteiger charge is -2.34. The number of furan rings is 1. The van der Waals surface area contributed by atoms with Crippen LogP contribution in [0, 0.1) is 0 Å². The molecule has 190 valence electrons. The number of fused-ring (bicyclic) bond motifs is 2. The van der Waals surface area contributed by atoms with Gasteiger partial charge in [0.05, 0.1) is 29.8 Å². The van der Waals surface area contributed by atoms with E-state index in [1.807, 2.05) is 48.5 Å². The lowest BCUT2D eigenvalue weighted by molar-refractivity contribution is -0.127. The third kappa shape index (κ3) is 3.98. The maximum atomic E-state index is 13.4. The summed E-state index contributed by atoms with van der Waals surface area (Å²) in [6.07, 6.45) is 3.03. The van der Waals surface area contributed by atoms with Gasteiger partial charge in [-0.1, -0.05) is 36.4 Å². The van der Waals surface area contributed by atoms with Crippen LogP contribution in [-0.2, 0) is 4.79 Å². The summed E-state index contributed by atoms with van der Waals surface area (Å²) in [5.74, 6) is -0.460. The molecular weight excluding hydrogens is 484 g/mol. The van der Waals surface area contributed by atoms with Crippen molar-refractivity contribution in [3.63, 3.8) is 0 Å². The van der Waals surface area contributed by atoms with Crippen LogP contribution in [0.2, 0.25) is 0 Å². The summed E-state index contributed by atoms with van der Waals surface area (Å²) in [7, 11) is 1.49. The number of piperazine rings is 1. The Morgan fingerprint density at radius 3 is 2.39 bits per heavy atom. The zero-order valence-electron chi connectivity index (χ0n) is 20.6. The van der Waals surface area contributed by atoms with Crippen molar-refractivity contribution in [1.82, 2.24) is 19.8 Å². The Balaban J connectivity index is 1.26. The summed E-state index contributed by atoms with van der Waals surface area (Å²) >= 11 is 0. The number of H-pyrrole nitrogens is 1. The van der Waals surface area contributed by atoms with E-state index in [0.717, 1.165) is 11.0 Å². The molecule has 0 atom stereocenters. The van der Waals surface area contributed by atoms with E-state index in [0.29, 0.717) is 46.8 Å². The molecule has 0 saturated carbocycles. The van der Waals surface area contributed by atoms with Crippen molar-refractivity contribution in [3.8, 4) is 17.2 Å². The zero-order chi connectivity index (χ0) is 26.2. The van der Waals surface area contributed by atoms with Gasteiger partial charge in [0.2, 0.25) is 0 Å². The fourth-order valence-electron chi connectivity index (χ4n) is 4.87. The molecule has 1 aliphatic heterocycles. The number of aromatic nitrogens is 2. The van der Waals surface area contributed by atoms with Crippen LogP contribution in [0.1, 0.15) is 20.7 Å². The van der Waals surface area contributed by atoms with Gasteiger partial charge in [-0.2, -0.15) is 0 Å². The summed E-state index contributed by atoms with van der Waals surface area (Å²) in [6, 6.07) is 18.5. The Morgan fingerprint density at radius 1 is 0.947 bits per heavy atom. The molecule has 5 aromatic rings. The minimum Gasteiger partial charge on any atom is -0.494 e. The molecule has 0 radical (unpaired) electrons. The van der Waals surface area contributed by atoms with E-state index < -0.39 is 11.7 Å². The Kier molecular flexibility index (Phi) is 5.88. The average molecular weight is 509 g/mol. The van der Waals surface area contributed by atoms with E-state index in [1.165, 1.54) is 24.4 Å². The molecule has 1 N–H and O–H groups in total. The number of carbonyl (C=O) groups is 3. The van der Waals surface area contributed by atoms with E-state index in [2.05, 4.69) is 9.97 Å². The van der Waals surface area contributed by atoms with Crippen LogP contribution >= 0.6 is 0 Å². The molecule has 0 bridgehead atoms. The number of nitrogens with one attached hydrogen (secondary N) is 1. The smallest absolute Gasteiger partial charge is 0.295 e. The van der Waals surface area contributed by atoms with Gasteiger partial charge in [-0.15, -0.1) is 0 Å². The lowest BCUT2D eigenvalue weighted by Crippen LogP contribution is -2.52. The molecule has 4 heterocycles. The number of ether oxygens (including phenoxy) is 1. The number of Topliss-reactive ketones (excluding diaryl/α,β-unsaturated/α-hetero) is 1. The van der Waals surface area contributed by atoms with Gasteiger partial charge >= 0.3 is 0 Å². The highest BCUT2D eigenvalue weighted by Crippen LogP contribution is 2.36. The first-order valence-corrected chi connectivity index (χ1v) is 12.3. The maximum Gasteiger partial charge on any atom is 0.295 e. The van der Waals surface area contributed by atoms with Crippen LogP contribution in [0.4, 0.5) is 0 Å². The minimum absolute atomic E-state index is 0.0870. The van der Waals surface area contributed by atoms with Gasteiger partial charge < -0.3 is 23.9 Å². The van der Waals surface area contributed by atoms with Crippen molar-refractivity contribution in [2.24, 2.45) is 0 Å². The van der Waals surface area contributed by atoms with Crippen molar-refractivity contribution in [2.75, 3.05) is 33.3 Å². The second-order valence-corrected chi connectivity index (χ2v) is 9.06. The Hall–Kier alpha value is -4.92. The van der Waals surface area contributed by atoms with Gasteiger partial charge in [0, 0.05) is 43.3 Å². The second kappa shape index (κ2) is 9.51. The number of methoxy groups -OCH3 is 1. The molecule has 0 spiro atoms. The third-order valence-corrected chi connectivity index (χ3v) is 6.87. The highest BCUT2D eigenvalue weighted by molar-refractivity contribution is 6.45. The summed E-state index contributed by atoms with van der Waals surface area (Å²) in [5.41, 5.74) is 2.57. The highest BCUT2D eigenvalue weighted by atomic mass is 16.5. The van der Waals surface area contributed by atoms with Gasteiger partial charge in [0.1, 0.15) is 17.0 Å². The quantitative estimate of drug-likeness (QED) is 0.282. The molecule has 1 aliphatic rings. The lowest BCUT2D eigenvalue weighted by atomic mass is 10.1. The molecule has 2 amide bonds. The first-order chi connectivity index (χ1) is 18.5. The molecule has 0 unspecified atom stereocenters. The van der Waals surface area contributed by atoms with Crippen LogP contribution in [0.5, 0.6) is 5.75 Å². The molecule has 2 aromatic carbocycles. The number of benzene rings is 2. The number of rotatable bonds is 5. The number of ketones is 1.